The molecular formula is C18H20O2S. The molecule has 2 rings (SSSR count). The second-order valence-corrected chi connectivity index (χ2v) is 5.97. The molecule has 2 aromatic carbocycles. The maximum atomic E-state index is 12.5. The molecule has 0 aliphatic heterocycles. The number of carbonyl (C=O) groups excluding carboxylic acids is 1. The van der Waals surface area contributed by atoms with Crippen molar-refractivity contribution in [3.8, 4) is 5.75 Å². The number of carbonyl (C=O) groups is 1. The molecule has 21 heavy (non-hydrogen) atoms. The third kappa shape index (κ3) is 4.11. The van der Waals surface area contributed by atoms with E-state index in [2.05, 4.69) is 0 Å². The van der Waals surface area contributed by atoms with Crippen LogP contribution in [0.5, 0.6) is 5.75 Å². The molecule has 0 radical (unpaired) electrons. The van der Waals surface area contributed by atoms with Crippen LogP contribution in [-0.2, 0) is 0 Å². The van der Waals surface area contributed by atoms with E-state index in [0.29, 0.717) is 17.9 Å². The average molecular weight is 300 g/mol. The second kappa shape index (κ2) is 7.32. The number of benzene rings is 2. The van der Waals surface area contributed by atoms with E-state index in [0.717, 1.165) is 21.8 Å². The Morgan fingerprint density at radius 3 is 2.52 bits per heavy atom. The Kier molecular flexibility index (Phi) is 5.45. The smallest absolute Gasteiger partial charge is 0.176 e. The maximum absolute atomic E-state index is 12.5. The van der Waals surface area contributed by atoms with E-state index in [1.54, 1.807) is 11.8 Å². The number of ether oxygens (including phenoxy) is 1. The van der Waals surface area contributed by atoms with Crippen LogP contribution in [0.3, 0.4) is 0 Å². The fourth-order valence-corrected chi connectivity index (χ4v) is 3.04. The largest absolute Gasteiger partial charge is 0.493 e. The lowest BCUT2D eigenvalue weighted by atomic mass is 10.0. The predicted octanol–water partition coefficient (Wildman–Crippen LogP) is 4.68. The SMILES string of the molecule is CCOc1c(C)cc(C)cc1C(=O)CSc1ccccc1. The van der Waals surface area contributed by atoms with E-state index in [-0.39, 0.29) is 5.78 Å². The molecule has 0 unspecified atom stereocenters. The third-order valence-corrected chi connectivity index (χ3v) is 4.13. The molecule has 0 saturated heterocycles. The Labute approximate surface area is 130 Å². The fourth-order valence-electron chi connectivity index (χ4n) is 2.24. The summed E-state index contributed by atoms with van der Waals surface area (Å²) < 4.78 is 5.67. The van der Waals surface area contributed by atoms with Crippen molar-refractivity contribution >= 4 is 17.5 Å². The summed E-state index contributed by atoms with van der Waals surface area (Å²) >= 11 is 1.56. The van der Waals surface area contributed by atoms with Gasteiger partial charge in [-0.25, -0.2) is 0 Å². The lowest BCUT2D eigenvalue weighted by molar-refractivity contribution is 0.101. The second-order valence-electron chi connectivity index (χ2n) is 4.92. The van der Waals surface area contributed by atoms with E-state index >= 15 is 0 Å². The molecular weight excluding hydrogens is 280 g/mol. The molecule has 0 bridgehead atoms. The quantitative estimate of drug-likeness (QED) is 0.572. The van der Waals surface area contributed by atoms with Crippen molar-refractivity contribution in [3.05, 3.63) is 59.2 Å². The summed E-state index contributed by atoms with van der Waals surface area (Å²) in [5.74, 6) is 1.26. The Morgan fingerprint density at radius 1 is 1.14 bits per heavy atom. The monoisotopic (exact) mass is 300 g/mol. The van der Waals surface area contributed by atoms with E-state index in [4.69, 9.17) is 4.74 Å². The van der Waals surface area contributed by atoms with Crippen molar-refractivity contribution in [2.45, 2.75) is 25.7 Å². The molecule has 110 valence electrons. The predicted molar refractivity (Wildman–Crippen MR) is 88.6 cm³/mol. The zero-order valence-electron chi connectivity index (χ0n) is 12.7. The molecule has 0 N–H and O–H groups in total. The molecule has 2 aromatic rings. The number of hydrogen-bond donors (Lipinski definition) is 0. The first-order valence-corrected chi connectivity index (χ1v) is 8.05. The maximum Gasteiger partial charge on any atom is 0.176 e. The summed E-state index contributed by atoms with van der Waals surface area (Å²) in [5.41, 5.74) is 2.80. The molecule has 0 amide bonds. The number of Topliss-reactive ketones (excluding diaryl/α,β-unsaturated/α-hetero) is 1. The van der Waals surface area contributed by atoms with Gasteiger partial charge in [-0.05, 0) is 50.1 Å². The average Bonchev–Trinajstić information content (AvgIpc) is 2.48. The van der Waals surface area contributed by atoms with Gasteiger partial charge in [-0.3, -0.25) is 4.79 Å². The molecule has 2 nitrogen and oxygen atoms in total. The summed E-state index contributed by atoms with van der Waals surface area (Å²) in [5, 5.41) is 0. The van der Waals surface area contributed by atoms with Crippen molar-refractivity contribution in [2.24, 2.45) is 0 Å². The van der Waals surface area contributed by atoms with Gasteiger partial charge in [0.1, 0.15) is 5.75 Å². The van der Waals surface area contributed by atoms with Gasteiger partial charge in [0.2, 0.25) is 0 Å². The van der Waals surface area contributed by atoms with Crippen molar-refractivity contribution in [3.63, 3.8) is 0 Å². The van der Waals surface area contributed by atoms with Gasteiger partial charge in [0, 0.05) is 4.90 Å². The molecule has 0 aromatic heterocycles. The third-order valence-electron chi connectivity index (χ3n) is 3.12. The number of aryl methyl sites for hydroxylation is 2. The summed E-state index contributed by atoms with van der Waals surface area (Å²) in [6.45, 7) is 6.49. The highest BCUT2D eigenvalue weighted by Gasteiger charge is 2.15. The summed E-state index contributed by atoms with van der Waals surface area (Å²) in [6.07, 6.45) is 0. The first-order valence-electron chi connectivity index (χ1n) is 7.07. The Morgan fingerprint density at radius 2 is 1.86 bits per heavy atom. The van der Waals surface area contributed by atoms with Gasteiger partial charge < -0.3 is 4.74 Å². The van der Waals surface area contributed by atoms with Crippen LogP contribution in [0, 0.1) is 13.8 Å². The number of rotatable bonds is 6. The Bertz CT molecular complexity index is 621. The minimum Gasteiger partial charge on any atom is -0.493 e. The molecule has 0 spiro atoms. The van der Waals surface area contributed by atoms with Crippen LogP contribution in [0.1, 0.15) is 28.4 Å². The van der Waals surface area contributed by atoms with Crippen LogP contribution in [0.4, 0.5) is 0 Å². The fraction of sp³-hybridized carbons (Fsp3) is 0.278. The topological polar surface area (TPSA) is 26.3 Å². The standard InChI is InChI=1S/C18H20O2S/c1-4-20-18-14(3)10-13(2)11-16(18)17(19)12-21-15-8-6-5-7-9-15/h5-11H,4,12H2,1-3H3. The van der Waals surface area contributed by atoms with Crippen LogP contribution in [0.2, 0.25) is 0 Å². The van der Waals surface area contributed by atoms with Gasteiger partial charge in [0.25, 0.3) is 0 Å². The van der Waals surface area contributed by atoms with Gasteiger partial charge >= 0.3 is 0 Å². The lowest BCUT2D eigenvalue weighted by Gasteiger charge is -2.13. The van der Waals surface area contributed by atoms with Crippen molar-refractivity contribution < 1.29 is 9.53 Å². The van der Waals surface area contributed by atoms with Crippen molar-refractivity contribution in [1.82, 2.24) is 0 Å². The van der Waals surface area contributed by atoms with Crippen LogP contribution >= 0.6 is 11.8 Å². The van der Waals surface area contributed by atoms with Gasteiger partial charge in [0.05, 0.1) is 17.9 Å². The number of thioether (sulfide) groups is 1. The van der Waals surface area contributed by atoms with Gasteiger partial charge in [-0.15, -0.1) is 11.8 Å². The molecule has 0 saturated carbocycles. The highest BCUT2D eigenvalue weighted by molar-refractivity contribution is 8.00. The highest BCUT2D eigenvalue weighted by Crippen LogP contribution is 2.28. The summed E-state index contributed by atoms with van der Waals surface area (Å²) in [6, 6.07) is 13.9. The van der Waals surface area contributed by atoms with Gasteiger partial charge in [-0.1, -0.05) is 24.3 Å². The highest BCUT2D eigenvalue weighted by atomic mass is 32.2. The summed E-state index contributed by atoms with van der Waals surface area (Å²) in [7, 11) is 0. The van der Waals surface area contributed by atoms with Crippen LogP contribution in [0.25, 0.3) is 0 Å². The minimum atomic E-state index is 0.110. The lowest BCUT2D eigenvalue weighted by Crippen LogP contribution is -2.08. The van der Waals surface area contributed by atoms with Crippen LogP contribution in [0.15, 0.2) is 47.4 Å². The van der Waals surface area contributed by atoms with E-state index in [1.807, 2.05) is 63.2 Å². The molecule has 0 fully saturated rings. The van der Waals surface area contributed by atoms with Crippen LogP contribution < -0.4 is 4.74 Å². The Hall–Kier alpha value is -1.74. The Balaban J connectivity index is 2.18. The molecule has 0 atom stereocenters. The molecule has 0 heterocycles. The molecule has 0 aliphatic carbocycles. The number of ketones is 1. The van der Waals surface area contributed by atoms with E-state index < -0.39 is 0 Å². The number of hydrogen-bond acceptors (Lipinski definition) is 3. The van der Waals surface area contributed by atoms with Crippen molar-refractivity contribution in [2.75, 3.05) is 12.4 Å². The minimum absolute atomic E-state index is 0.110. The van der Waals surface area contributed by atoms with E-state index in [1.165, 1.54) is 0 Å². The zero-order chi connectivity index (χ0) is 15.2. The van der Waals surface area contributed by atoms with Crippen molar-refractivity contribution in [1.29, 1.82) is 0 Å². The normalized spacial score (nSPS) is 10.4. The van der Waals surface area contributed by atoms with Gasteiger partial charge in [0.15, 0.2) is 5.78 Å². The first-order chi connectivity index (χ1) is 10.1. The van der Waals surface area contributed by atoms with E-state index in [9.17, 15) is 4.79 Å². The first kappa shape index (κ1) is 15.6. The summed E-state index contributed by atoms with van der Waals surface area (Å²) in [4.78, 5) is 13.6. The van der Waals surface area contributed by atoms with Gasteiger partial charge in [-0.2, -0.15) is 0 Å². The molecule has 0 aliphatic rings. The van der Waals surface area contributed by atoms with Crippen LogP contribution in [-0.4, -0.2) is 18.1 Å². The molecule has 3 heteroatoms. The zero-order valence-corrected chi connectivity index (χ0v) is 13.5.